The summed E-state index contributed by atoms with van der Waals surface area (Å²) in [6.07, 6.45) is 5.88. The molecule has 1 heterocycles. The van der Waals surface area contributed by atoms with Gasteiger partial charge in [-0.2, -0.15) is 0 Å². The molecule has 0 radical (unpaired) electrons. The number of anilines is 1. The normalized spacial score (nSPS) is 28.2. The fourth-order valence-corrected chi connectivity index (χ4v) is 4.06. The zero-order valence-electron chi connectivity index (χ0n) is 11.3. The average molecular weight is 283 g/mol. The molecular formula is C13H21N3O2S. The summed E-state index contributed by atoms with van der Waals surface area (Å²) in [5, 5.41) is 0. The first-order chi connectivity index (χ1) is 8.92. The van der Waals surface area contributed by atoms with Crippen molar-refractivity contribution in [2.24, 2.45) is 11.8 Å². The van der Waals surface area contributed by atoms with E-state index in [2.05, 4.69) is 23.6 Å². The summed E-state index contributed by atoms with van der Waals surface area (Å²) in [7, 11) is -3.58. The molecule has 1 saturated carbocycles. The standard InChI is InChI=1S/C13H21N3O2S/c1-9-4-3-5-12(10(9)2)16-19(17,18)13-8-15-7-6-11(13)14/h6-10,12,16H,3-5H2,1-2H3,(H2,14,15). The molecule has 3 unspecified atom stereocenters. The highest BCUT2D eigenvalue weighted by Crippen LogP contribution is 2.30. The Morgan fingerprint density at radius 2 is 2.11 bits per heavy atom. The van der Waals surface area contributed by atoms with Crippen molar-refractivity contribution in [1.29, 1.82) is 0 Å². The number of hydrogen-bond donors (Lipinski definition) is 2. The SMILES string of the molecule is CC1CCCC(NS(=O)(=O)c2cnccc2N)C1C. The maximum absolute atomic E-state index is 12.3. The molecule has 0 aromatic carbocycles. The van der Waals surface area contributed by atoms with Crippen LogP contribution in [0, 0.1) is 11.8 Å². The van der Waals surface area contributed by atoms with Crippen molar-refractivity contribution in [3.8, 4) is 0 Å². The Hall–Kier alpha value is -1.14. The van der Waals surface area contributed by atoms with Crippen LogP contribution in [0.4, 0.5) is 5.69 Å². The molecule has 1 fully saturated rings. The third kappa shape index (κ3) is 3.06. The minimum absolute atomic E-state index is 0.0200. The molecule has 1 aliphatic carbocycles. The van der Waals surface area contributed by atoms with Crippen molar-refractivity contribution in [3.05, 3.63) is 18.5 Å². The highest BCUT2D eigenvalue weighted by molar-refractivity contribution is 7.89. The number of nitrogen functional groups attached to an aromatic ring is 1. The Morgan fingerprint density at radius 1 is 1.37 bits per heavy atom. The van der Waals surface area contributed by atoms with Crippen LogP contribution in [-0.2, 0) is 10.0 Å². The van der Waals surface area contributed by atoms with Crippen LogP contribution in [0.1, 0.15) is 33.1 Å². The third-order valence-corrected chi connectivity index (χ3v) is 5.65. The van der Waals surface area contributed by atoms with Gasteiger partial charge in [-0.1, -0.05) is 26.7 Å². The van der Waals surface area contributed by atoms with Crippen LogP contribution in [0.15, 0.2) is 23.4 Å². The third-order valence-electron chi connectivity index (χ3n) is 4.12. The quantitative estimate of drug-likeness (QED) is 0.885. The topological polar surface area (TPSA) is 85.1 Å². The first-order valence-corrected chi connectivity index (χ1v) is 8.12. The van der Waals surface area contributed by atoms with Crippen molar-refractivity contribution in [1.82, 2.24) is 9.71 Å². The Labute approximate surface area is 114 Å². The molecule has 3 atom stereocenters. The summed E-state index contributed by atoms with van der Waals surface area (Å²) in [5.41, 5.74) is 5.95. The lowest BCUT2D eigenvalue weighted by Crippen LogP contribution is -2.43. The van der Waals surface area contributed by atoms with Crippen LogP contribution in [0.2, 0.25) is 0 Å². The van der Waals surface area contributed by atoms with E-state index in [1.54, 1.807) is 0 Å². The van der Waals surface area contributed by atoms with Crippen molar-refractivity contribution < 1.29 is 8.42 Å². The van der Waals surface area contributed by atoms with Gasteiger partial charge in [-0.05, 0) is 24.3 Å². The van der Waals surface area contributed by atoms with Crippen molar-refractivity contribution in [3.63, 3.8) is 0 Å². The molecule has 0 spiro atoms. The van der Waals surface area contributed by atoms with Crippen LogP contribution in [0.3, 0.4) is 0 Å². The fourth-order valence-electron chi connectivity index (χ4n) is 2.63. The summed E-state index contributed by atoms with van der Waals surface area (Å²) in [6, 6.07) is 1.48. The smallest absolute Gasteiger partial charge is 0.244 e. The van der Waals surface area contributed by atoms with E-state index < -0.39 is 10.0 Å². The van der Waals surface area contributed by atoms with Gasteiger partial charge in [0.15, 0.2) is 0 Å². The highest BCUT2D eigenvalue weighted by atomic mass is 32.2. The molecule has 5 nitrogen and oxygen atoms in total. The van der Waals surface area contributed by atoms with Gasteiger partial charge in [-0.3, -0.25) is 4.98 Å². The minimum atomic E-state index is -3.58. The summed E-state index contributed by atoms with van der Waals surface area (Å²) < 4.78 is 27.5. The number of pyridine rings is 1. The van der Waals surface area contributed by atoms with Gasteiger partial charge in [0.05, 0.1) is 5.69 Å². The van der Waals surface area contributed by atoms with Crippen LogP contribution < -0.4 is 10.5 Å². The second kappa shape index (κ2) is 5.46. The number of nitrogens with one attached hydrogen (secondary N) is 1. The Kier molecular flexibility index (Phi) is 4.10. The average Bonchev–Trinajstić information content (AvgIpc) is 2.35. The van der Waals surface area contributed by atoms with Crippen LogP contribution in [0.25, 0.3) is 0 Å². The Bertz CT molecular complexity index is 545. The lowest BCUT2D eigenvalue weighted by molar-refractivity contribution is 0.227. The van der Waals surface area contributed by atoms with E-state index in [9.17, 15) is 8.42 Å². The van der Waals surface area contributed by atoms with Crippen LogP contribution >= 0.6 is 0 Å². The number of rotatable bonds is 3. The monoisotopic (exact) mass is 283 g/mol. The van der Waals surface area contributed by atoms with Crippen LogP contribution in [-0.4, -0.2) is 19.4 Å². The van der Waals surface area contributed by atoms with E-state index >= 15 is 0 Å². The summed E-state index contributed by atoms with van der Waals surface area (Å²) in [4.78, 5) is 3.91. The molecule has 0 aliphatic heterocycles. The van der Waals surface area contributed by atoms with E-state index in [1.807, 2.05) is 0 Å². The van der Waals surface area contributed by atoms with E-state index in [0.29, 0.717) is 11.8 Å². The molecule has 0 bridgehead atoms. The largest absolute Gasteiger partial charge is 0.398 e. The second-order valence-corrected chi connectivity index (χ2v) is 7.09. The molecular weight excluding hydrogens is 262 g/mol. The second-order valence-electron chi connectivity index (χ2n) is 5.41. The molecule has 0 amide bonds. The predicted octanol–water partition coefficient (Wildman–Crippen LogP) is 1.77. The molecule has 1 aromatic heterocycles. The fraction of sp³-hybridized carbons (Fsp3) is 0.615. The van der Waals surface area contributed by atoms with Gasteiger partial charge in [0.2, 0.25) is 10.0 Å². The molecule has 2 rings (SSSR count). The number of nitrogens with two attached hydrogens (primary N) is 1. The summed E-state index contributed by atoms with van der Waals surface area (Å²) in [5.74, 6) is 0.870. The van der Waals surface area contributed by atoms with Gasteiger partial charge in [-0.15, -0.1) is 0 Å². The first-order valence-electron chi connectivity index (χ1n) is 6.63. The number of nitrogens with zero attached hydrogens (tertiary/aromatic N) is 1. The molecule has 19 heavy (non-hydrogen) atoms. The lowest BCUT2D eigenvalue weighted by atomic mass is 9.78. The maximum Gasteiger partial charge on any atom is 0.244 e. The highest BCUT2D eigenvalue weighted by Gasteiger charge is 2.31. The molecule has 1 aromatic rings. The summed E-state index contributed by atoms with van der Waals surface area (Å²) in [6.45, 7) is 4.27. The van der Waals surface area contributed by atoms with E-state index in [4.69, 9.17) is 5.73 Å². The van der Waals surface area contributed by atoms with Crippen LogP contribution in [0.5, 0.6) is 0 Å². The number of hydrogen-bond acceptors (Lipinski definition) is 4. The maximum atomic E-state index is 12.3. The molecule has 1 aliphatic rings. The van der Waals surface area contributed by atoms with Gasteiger partial charge >= 0.3 is 0 Å². The zero-order chi connectivity index (χ0) is 14.0. The number of sulfonamides is 1. The summed E-state index contributed by atoms with van der Waals surface area (Å²) >= 11 is 0. The van der Waals surface area contributed by atoms with E-state index in [-0.39, 0.29) is 16.6 Å². The molecule has 0 saturated heterocycles. The first kappa shape index (κ1) is 14.3. The van der Waals surface area contributed by atoms with Gasteiger partial charge in [0, 0.05) is 18.4 Å². The molecule has 3 N–H and O–H groups in total. The zero-order valence-corrected chi connectivity index (χ0v) is 12.2. The molecule has 6 heteroatoms. The Balaban J connectivity index is 2.20. The lowest BCUT2D eigenvalue weighted by Gasteiger charge is -2.34. The van der Waals surface area contributed by atoms with E-state index in [0.717, 1.165) is 19.3 Å². The van der Waals surface area contributed by atoms with Crippen molar-refractivity contribution in [2.45, 2.75) is 44.0 Å². The molecule has 106 valence electrons. The van der Waals surface area contributed by atoms with Crippen molar-refractivity contribution in [2.75, 3.05) is 5.73 Å². The minimum Gasteiger partial charge on any atom is -0.398 e. The van der Waals surface area contributed by atoms with Crippen molar-refractivity contribution >= 4 is 15.7 Å². The number of aromatic nitrogens is 1. The Morgan fingerprint density at radius 3 is 2.79 bits per heavy atom. The predicted molar refractivity (Wildman–Crippen MR) is 74.9 cm³/mol. The van der Waals surface area contributed by atoms with E-state index in [1.165, 1.54) is 18.5 Å². The van der Waals surface area contributed by atoms with Gasteiger partial charge in [0.25, 0.3) is 0 Å². The van der Waals surface area contributed by atoms with Gasteiger partial charge in [-0.25, -0.2) is 13.1 Å². The van der Waals surface area contributed by atoms with Gasteiger partial charge < -0.3 is 5.73 Å². The van der Waals surface area contributed by atoms with Gasteiger partial charge in [0.1, 0.15) is 4.90 Å².